The highest BCUT2D eigenvalue weighted by atomic mass is 14.3. The van der Waals surface area contributed by atoms with Crippen molar-refractivity contribution in [1.82, 2.24) is 0 Å². The second-order valence-electron chi connectivity index (χ2n) is 2.19. The van der Waals surface area contributed by atoms with Crippen molar-refractivity contribution in [2.45, 2.75) is 0 Å². The van der Waals surface area contributed by atoms with E-state index in [1.807, 2.05) is 0 Å². The van der Waals surface area contributed by atoms with E-state index in [1.54, 1.807) is 24.1 Å². The third-order valence-corrected chi connectivity index (χ3v) is 1.23. The molecule has 0 radical (unpaired) electrons. The van der Waals surface area contributed by atoms with Crippen LogP contribution >= 0.6 is 0 Å². The Kier molecular flexibility index (Phi) is 6.29. The molecule has 0 aliphatic heterocycles. The quantitative estimate of drug-likeness (QED) is 0.388. The van der Waals surface area contributed by atoms with Gasteiger partial charge >= 0.3 is 0 Å². The Labute approximate surface area is 87.5 Å². The Balaban J connectivity index is 4.45. The highest BCUT2D eigenvalue weighted by molar-refractivity contribution is 5.69. The summed E-state index contributed by atoms with van der Waals surface area (Å²) in [4.78, 5) is 0. The van der Waals surface area contributed by atoms with E-state index >= 15 is 0 Å². The van der Waals surface area contributed by atoms with E-state index in [0.717, 1.165) is 0 Å². The van der Waals surface area contributed by atoms with E-state index in [9.17, 15) is 0 Å². The van der Waals surface area contributed by atoms with Gasteiger partial charge in [0.15, 0.2) is 0 Å². The molecule has 70 valence electrons. The first-order chi connectivity index (χ1) is 7.28. The first-order valence-corrected chi connectivity index (χ1v) is 3.81. The minimum Gasteiger partial charge on any atom is -0.762 e. The van der Waals surface area contributed by atoms with E-state index < -0.39 is 0 Å². The number of hydrogen-bond acceptors (Lipinski definition) is 3. The van der Waals surface area contributed by atoms with Gasteiger partial charge in [0.25, 0.3) is 0 Å². The Morgan fingerprint density at radius 3 is 2.07 bits per heavy atom. The zero-order valence-corrected chi connectivity index (χ0v) is 7.68. The van der Waals surface area contributed by atoms with Crippen molar-refractivity contribution in [3.05, 3.63) is 46.9 Å². The number of nitrogens with zero attached hydrogens (tertiary/aromatic N) is 4. The summed E-state index contributed by atoms with van der Waals surface area (Å²) in [6, 6.07) is 5.07. The van der Waals surface area contributed by atoms with Crippen LogP contribution in [0.1, 0.15) is 0 Å². The largest absolute Gasteiger partial charge is 0.762 e. The summed E-state index contributed by atoms with van der Waals surface area (Å²) in [5.74, 6) is 1.69. The van der Waals surface area contributed by atoms with Crippen LogP contribution in [0, 0.1) is 34.0 Å². The van der Waals surface area contributed by atoms with Crippen molar-refractivity contribution in [2.75, 3.05) is 0 Å². The van der Waals surface area contributed by atoms with Gasteiger partial charge in [-0.15, -0.1) is 0 Å². The van der Waals surface area contributed by atoms with Crippen molar-refractivity contribution in [1.29, 1.82) is 15.8 Å². The van der Waals surface area contributed by atoms with E-state index in [1.165, 1.54) is 30.4 Å². The predicted octanol–water partition coefficient (Wildman–Crippen LogP) is 1.76. The van der Waals surface area contributed by atoms with Crippen molar-refractivity contribution in [2.24, 2.45) is 0 Å². The Hall–Kier alpha value is -2.86. The maximum atomic E-state index is 8.36. The van der Waals surface area contributed by atoms with Gasteiger partial charge in [0.05, 0.1) is 5.57 Å². The van der Waals surface area contributed by atoms with Gasteiger partial charge in [0.1, 0.15) is 23.8 Å². The monoisotopic (exact) mass is 193 g/mol. The molecule has 0 fully saturated rings. The highest BCUT2D eigenvalue weighted by Crippen LogP contribution is 1.92. The molecule has 0 aromatic heterocycles. The van der Waals surface area contributed by atoms with Gasteiger partial charge in [0.2, 0.25) is 0 Å². The molecular formula is C11H5N4-. The molecule has 0 spiro atoms. The van der Waals surface area contributed by atoms with Gasteiger partial charge in [-0.3, -0.25) is 5.87 Å². The smallest absolute Gasteiger partial charge is 0.129 e. The van der Waals surface area contributed by atoms with E-state index in [0.29, 0.717) is 0 Å². The Morgan fingerprint density at radius 2 is 1.60 bits per heavy atom. The minimum absolute atomic E-state index is 0.00980. The van der Waals surface area contributed by atoms with Crippen LogP contribution in [0.25, 0.3) is 5.41 Å². The molecule has 0 aromatic rings. The van der Waals surface area contributed by atoms with Crippen LogP contribution in [0.4, 0.5) is 0 Å². The summed E-state index contributed by atoms with van der Waals surface area (Å²) < 4.78 is 0. The first kappa shape index (κ1) is 12.1. The molecule has 0 saturated carbocycles. The molecule has 0 aromatic carbocycles. The lowest BCUT2D eigenvalue weighted by molar-refractivity contribution is 1.46. The van der Waals surface area contributed by atoms with Gasteiger partial charge < -0.3 is 5.41 Å². The summed E-state index contributed by atoms with van der Waals surface area (Å²) in [6.45, 7) is 0. The number of nitriles is 3. The maximum absolute atomic E-state index is 8.36. The standard InChI is InChI=1S/C11H5N4/c12-6-10(7-13)4-2-1-3-5-11(8-14)9-15/h1-5H/q-1/b2-1+,5-3+. The summed E-state index contributed by atoms with van der Waals surface area (Å²) in [6.07, 6.45) is 7.14. The van der Waals surface area contributed by atoms with Crippen LogP contribution in [0.5, 0.6) is 0 Å². The summed E-state index contributed by atoms with van der Waals surface area (Å²) in [7, 11) is 0. The summed E-state index contributed by atoms with van der Waals surface area (Å²) >= 11 is 0. The average Bonchev–Trinajstić information content (AvgIpc) is 2.29. The second kappa shape index (κ2) is 7.77. The number of rotatable bonds is 3. The lowest BCUT2D eigenvalue weighted by Crippen LogP contribution is -1.69. The first-order valence-electron chi connectivity index (χ1n) is 3.81. The van der Waals surface area contributed by atoms with Crippen LogP contribution in [0.15, 0.2) is 41.5 Å². The van der Waals surface area contributed by atoms with Gasteiger partial charge in [-0.25, -0.2) is 0 Å². The van der Waals surface area contributed by atoms with Crippen molar-refractivity contribution in [3.63, 3.8) is 0 Å². The van der Waals surface area contributed by atoms with Gasteiger partial charge in [-0.05, 0) is 12.2 Å². The van der Waals surface area contributed by atoms with Crippen LogP contribution < -0.4 is 0 Å². The molecule has 0 bridgehead atoms. The molecule has 15 heavy (non-hydrogen) atoms. The van der Waals surface area contributed by atoms with Crippen LogP contribution in [-0.4, -0.2) is 5.87 Å². The lowest BCUT2D eigenvalue weighted by Gasteiger charge is -1.81. The van der Waals surface area contributed by atoms with Gasteiger partial charge in [-0.1, -0.05) is 18.2 Å². The van der Waals surface area contributed by atoms with Crippen LogP contribution in [0.2, 0.25) is 0 Å². The molecule has 0 N–H and O–H groups in total. The zero-order chi connectivity index (χ0) is 11.5. The molecule has 0 saturated heterocycles. The summed E-state index contributed by atoms with van der Waals surface area (Å²) in [5.41, 5.74) is -0.0196. The van der Waals surface area contributed by atoms with Crippen LogP contribution in [-0.2, 0) is 0 Å². The topological polar surface area (TPSA) is 93.7 Å². The lowest BCUT2D eigenvalue weighted by atomic mass is 10.2. The Morgan fingerprint density at radius 1 is 0.933 bits per heavy atom. The molecule has 0 aliphatic rings. The second-order valence-corrected chi connectivity index (χ2v) is 2.19. The van der Waals surface area contributed by atoms with E-state index in [2.05, 4.69) is 0 Å². The highest BCUT2D eigenvalue weighted by Gasteiger charge is 1.84. The minimum atomic E-state index is -0.00980. The molecule has 0 aliphatic carbocycles. The van der Waals surface area contributed by atoms with Gasteiger partial charge in [-0.2, -0.15) is 15.8 Å². The molecule has 0 heterocycles. The molecule has 0 unspecified atom stereocenters. The van der Waals surface area contributed by atoms with E-state index in [-0.39, 0.29) is 11.1 Å². The molecule has 0 atom stereocenters. The SMILES string of the molecule is N#CC(=C=[N-])/C=C/C=C/C=C(C#N)C#N. The fraction of sp³-hybridized carbons (Fsp3) is 0. The normalized spacial score (nSPS) is 8.60. The van der Waals surface area contributed by atoms with Crippen LogP contribution in [0.3, 0.4) is 0 Å². The predicted molar refractivity (Wildman–Crippen MR) is 55.1 cm³/mol. The summed E-state index contributed by atoms with van der Waals surface area (Å²) in [5, 5.41) is 33.5. The van der Waals surface area contributed by atoms with Gasteiger partial charge in [0, 0.05) is 0 Å². The maximum Gasteiger partial charge on any atom is 0.129 e. The average molecular weight is 193 g/mol. The molecule has 0 rings (SSSR count). The fourth-order valence-corrected chi connectivity index (χ4v) is 0.567. The van der Waals surface area contributed by atoms with Crippen molar-refractivity contribution >= 4 is 5.87 Å². The third-order valence-electron chi connectivity index (χ3n) is 1.23. The Bertz CT molecular complexity index is 464. The molecule has 4 heteroatoms. The molecule has 4 nitrogen and oxygen atoms in total. The number of hydrogen-bond donors (Lipinski definition) is 0. The zero-order valence-electron chi connectivity index (χ0n) is 7.68. The molecular weight excluding hydrogens is 188 g/mol. The van der Waals surface area contributed by atoms with Crippen molar-refractivity contribution < 1.29 is 0 Å². The van der Waals surface area contributed by atoms with E-state index in [4.69, 9.17) is 21.2 Å². The van der Waals surface area contributed by atoms with Crippen molar-refractivity contribution in [3.8, 4) is 18.2 Å². The number of allylic oxidation sites excluding steroid dienone is 7. The fourth-order valence-electron chi connectivity index (χ4n) is 0.567. The third kappa shape index (κ3) is 5.39. The molecule has 0 amide bonds.